The number of alkyl halides is 2. The maximum atomic E-state index is 14.1. The third-order valence-corrected chi connectivity index (χ3v) is 6.43. The number of carbonyl (C=O) groups excluding carboxylic acids is 1. The highest BCUT2D eigenvalue weighted by atomic mass is 19.3. The van der Waals surface area contributed by atoms with Gasteiger partial charge in [0.2, 0.25) is 5.95 Å². The van der Waals surface area contributed by atoms with Gasteiger partial charge in [-0.15, -0.1) is 0 Å². The molecule has 1 aromatic heterocycles. The molecule has 0 saturated carbocycles. The van der Waals surface area contributed by atoms with Gasteiger partial charge in [-0.05, 0) is 38.2 Å². The molecule has 0 bridgehead atoms. The van der Waals surface area contributed by atoms with E-state index in [9.17, 15) is 18.0 Å². The number of likely N-dealkylation sites (N-methyl/N-ethyl adjacent to an activating group) is 1. The summed E-state index contributed by atoms with van der Waals surface area (Å²) in [5, 5.41) is 8.65. The van der Waals surface area contributed by atoms with Gasteiger partial charge in [0, 0.05) is 61.8 Å². The highest BCUT2D eigenvalue weighted by Crippen LogP contribution is 2.34. The molecule has 2 aliphatic rings. The van der Waals surface area contributed by atoms with Gasteiger partial charge in [0.25, 0.3) is 5.91 Å². The van der Waals surface area contributed by atoms with Crippen molar-refractivity contribution in [2.45, 2.75) is 20.1 Å². The van der Waals surface area contributed by atoms with E-state index in [1.807, 2.05) is 13.1 Å². The van der Waals surface area contributed by atoms with Crippen LogP contribution in [0.4, 0.5) is 42.0 Å². The lowest BCUT2D eigenvalue weighted by atomic mass is 10.1. The number of fused-ring (bicyclic) bond motifs is 1. The molecule has 3 aromatic rings. The van der Waals surface area contributed by atoms with Gasteiger partial charge in [-0.1, -0.05) is 0 Å². The lowest BCUT2D eigenvalue weighted by Crippen LogP contribution is -2.44. The molecule has 0 spiro atoms. The molecule has 3 N–H and O–H groups in total. The summed E-state index contributed by atoms with van der Waals surface area (Å²) in [6.07, 6.45) is 1.55. The number of hydrogen-bond acceptors (Lipinski definition) is 8. The third-order valence-electron chi connectivity index (χ3n) is 6.43. The lowest BCUT2D eigenvalue weighted by molar-refractivity contribution is -0.0493. The quantitative estimate of drug-likeness (QED) is 0.437. The van der Waals surface area contributed by atoms with Crippen LogP contribution in [0.3, 0.4) is 0 Å². The molecule has 0 radical (unpaired) electrons. The topological polar surface area (TPSA) is 94.7 Å². The van der Waals surface area contributed by atoms with Gasteiger partial charge in [0.05, 0.1) is 16.9 Å². The van der Waals surface area contributed by atoms with Crippen LogP contribution in [-0.2, 0) is 6.54 Å². The second kappa shape index (κ2) is 10.1. The fourth-order valence-corrected chi connectivity index (χ4v) is 4.36. The molecule has 1 amide bonds. The van der Waals surface area contributed by atoms with Crippen molar-refractivity contribution in [2.75, 3.05) is 48.8 Å². The van der Waals surface area contributed by atoms with Crippen molar-refractivity contribution in [1.82, 2.24) is 20.2 Å². The molecular weight excluding hydrogens is 487 g/mol. The normalized spacial score (nSPS) is 15.5. The molecule has 2 aromatic carbocycles. The Kier molecular flexibility index (Phi) is 6.74. The Hall–Kier alpha value is -4.06. The number of amides is 1. The minimum Gasteiger partial charge on any atom is -0.433 e. The van der Waals surface area contributed by atoms with E-state index in [1.54, 1.807) is 25.3 Å². The van der Waals surface area contributed by atoms with Gasteiger partial charge < -0.3 is 30.5 Å². The number of piperazine rings is 1. The van der Waals surface area contributed by atoms with Gasteiger partial charge in [-0.2, -0.15) is 13.8 Å². The summed E-state index contributed by atoms with van der Waals surface area (Å²) in [6.45, 7) is 2.17. The molecule has 1 fully saturated rings. The van der Waals surface area contributed by atoms with Crippen LogP contribution in [-0.4, -0.2) is 60.6 Å². The summed E-state index contributed by atoms with van der Waals surface area (Å²) in [6, 6.07) is 7.82. The Morgan fingerprint density at radius 2 is 1.84 bits per heavy atom. The highest BCUT2D eigenvalue weighted by molar-refractivity contribution is 6.04. The first kappa shape index (κ1) is 24.6. The number of benzene rings is 2. The number of anilines is 5. The molecule has 5 rings (SSSR count). The van der Waals surface area contributed by atoms with E-state index < -0.39 is 12.4 Å². The molecule has 9 nitrogen and oxygen atoms in total. The first-order valence-corrected chi connectivity index (χ1v) is 11.8. The summed E-state index contributed by atoms with van der Waals surface area (Å²) >= 11 is 0. The number of aromatic nitrogens is 2. The minimum atomic E-state index is -3.01. The van der Waals surface area contributed by atoms with Crippen LogP contribution in [0, 0.1) is 12.7 Å². The zero-order chi connectivity index (χ0) is 26.1. The van der Waals surface area contributed by atoms with Crippen LogP contribution in [0.15, 0.2) is 36.5 Å². The standard InChI is InChI=1S/C25H26F3N7O2/c1-14-12-30-25(33-22(14)31-19-6-4-17(26)16-13-29-23(36)21(16)19)32-18-5-3-15(11-20(18)37-24(27)28)35-9-7-34(2)8-10-35/h3-6,11-12,24H,7-10,13H2,1-2H3,(H,29,36)(H2,30,31,32,33). The Morgan fingerprint density at radius 1 is 1.08 bits per heavy atom. The maximum Gasteiger partial charge on any atom is 0.387 e. The Labute approximate surface area is 211 Å². The minimum absolute atomic E-state index is 0.0295. The summed E-state index contributed by atoms with van der Waals surface area (Å²) in [7, 11) is 2.04. The molecule has 12 heteroatoms. The van der Waals surface area contributed by atoms with Crippen molar-refractivity contribution in [3.05, 3.63) is 59.0 Å². The summed E-state index contributed by atoms with van der Waals surface area (Å²) in [5.41, 5.74) is 2.63. The summed E-state index contributed by atoms with van der Waals surface area (Å²) < 4.78 is 45.4. The maximum absolute atomic E-state index is 14.1. The first-order valence-electron chi connectivity index (χ1n) is 11.8. The summed E-state index contributed by atoms with van der Waals surface area (Å²) in [5.74, 6) is -0.374. The Balaban J connectivity index is 1.41. The van der Waals surface area contributed by atoms with Gasteiger partial charge in [0.1, 0.15) is 11.6 Å². The zero-order valence-corrected chi connectivity index (χ0v) is 20.3. The largest absolute Gasteiger partial charge is 0.433 e. The SMILES string of the molecule is Cc1cnc(Nc2ccc(N3CCN(C)CC3)cc2OC(F)F)nc1Nc1ccc(F)c2c1C(=O)NC2. The number of carbonyl (C=O) groups is 1. The van der Waals surface area contributed by atoms with E-state index >= 15 is 0 Å². The number of nitrogens with one attached hydrogen (secondary N) is 3. The predicted molar refractivity (Wildman–Crippen MR) is 134 cm³/mol. The smallest absolute Gasteiger partial charge is 0.387 e. The first-order chi connectivity index (χ1) is 17.8. The van der Waals surface area contributed by atoms with Crippen LogP contribution in [0.5, 0.6) is 5.75 Å². The fraction of sp³-hybridized carbons (Fsp3) is 0.320. The van der Waals surface area contributed by atoms with Crippen molar-refractivity contribution in [3.63, 3.8) is 0 Å². The van der Waals surface area contributed by atoms with Crippen LogP contribution >= 0.6 is 0 Å². The van der Waals surface area contributed by atoms with Crippen LogP contribution < -0.4 is 25.6 Å². The van der Waals surface area contributed by atoms with Gasteiger partial charge >= 0.3 is 6.61 Å². The van der Waals surface area contributed by atoms with E-state index in [0.29, 0.717) is 17.1 Å². The second-order valence-corrected chi connectivity index (χ2v) is 8.96. The monoisotopic (exact) mass is 513 g/mol. The average Bonchev–Trinajstić information content (AvgIpc) is 3.27. The Bertz CT molecular complexity index is 1330. The van der Waals surface area contributed by atoms with Crippen molar-refractivity contribution >= 4 is 34.7 Å². The van der Waals surface area contributed by atoms with Gasteiger partial charge in [0.15, 0.2) is 5.75 Å². The number of rotatable bonds is 7. The third kappa shape index (κ3) is 5.24. The molecule has 3 heterocycles. The van der Waals surface area contributed by atoms with Gasteiger partial charge in [-0.25, -0.2) is 9.37 Å². The molecule has 1 saturated heterocycles. The van der Waals surface area contributed by atoms with Crippen LogP contribution in [0.2, 0.25) is 0 Å². The second-order valence-electron chi connectivity index (χ2n) is 8.96. The Morgan fingerprint density at radius 3 is 2.59 bits per heavy atom. The average molecular weight is 514 g/mol. The molecular formula is C25H26F3N7O2. The van der Waals surface area contributed by atoms with E-state index in [1.165, 1.54) is 12.1 Å². The van der Waals surface area contributed by atoms with E-state index in [-0.39, 0.29) is 41.0 Å². The number of halogens is 3. The van der Waals surface area contributed by atoms with Gasteiger partial charge in [-0.3, -0.25) is 4.79 Å². The molecule has 37 heavy (non-hydrogen) atoms. The van der Waals surface area contributed by atoms with Crippen molar-refractivity contribution in [2.24, 2.45) is 0 Å². The molecule has 0 aliphatic carbocycles. The van der Waals surface area contributed by atoms with Crippen LogP contribution in [0.1, 0.15) is 21.5 Å². The van der Waals surface area contributed by atoms with Crippen LogP contribution in [0.25, 0.3) is 0 Å². The molecule has 194 valence electrons. The number of hydrogen-bond donors (Lipinski definition) is 3. The van der Waals surface area contributed by atoms with E-state index in [4.69, 9.17) is 4.74 Å². The summed E-state index contributed by atoms with van der Waals surface area (Å²) in [4.78, 5) is 25.3. The zero-order valence-electron chi connectivity index (χ0n) is 20.3. The highest BCUT2D eigenvalue weighted by Gasteiger charge is 2.26. The van der Waals surface area contributed by atoms with Crippen molar-refractivity contribution in [1.29, 1.82) is 0 Å². The fourth-order valence-electron chi connectivity index (χ4n) is 4.36. The number of ether oxygens (including phenoxy) is 1. The molecule has 0 unspecified atom stereocenters. The lowest BCUT2D eigenvalue weighted by Gasteiger charge is -2.34. The number of aryl methyl sites for hydroxylation is 1. The number of nitrogens with zero attached hydrogens (tertiary/aromatic N) is 4. The predicted octanol–water partition coefficient (Wildman–Crippen LogP) is 4.01. The van der Waals surface area contributed by atoms with E-state index in [2.05, 4.69) is 35.7 Å². The molecule has 2 aliphatic heterocycles. The van der Waals surface area contributed by atoms with E-state index in [0.717, 1.165) is 31.9 Å². The van der Waals surface area contributed by atoms with Crippen molar-refractivity contribution in [3.8, 4) is 5.75 Å². The molecule has 0 atom stereocenters. The van der Waals surface area contributed by atoms with Crippen molar-refractivity contribution < 1.29 is 22.7 Å².